The van der Waals surface area contributed by atoms with Crippen LogP contribution >= 0.6 is 11.6 Å². The number of rotatable bonds is 2. The van der Waals surface area contributed by atoms with E-state index in [0.29, 0.717) is 5.92 Å². The monoisotopic (exact) mass is 145 g/mol. The topological polar surface area (TPSA) is 0 Å². The Bertz CT molecular complexity index is 109. The molecule has 9 heavy (non-hydrogen) atoms. The molecule has 1 fully saturated rings. The average Bonchev–Trinajstić information content (AvgIpc) is 2.44. The lowest BCUT2D eigenvalue weighted by Gasteiger charge is -2.11. The lowest BCUT2D eigenvalue weighted by atomic mass is 10.1. The molecule has 1 rings (SSSR count). The van der Waals surface area contributed by atoms with Gasteiger partial charge in [0.15, 0.2) is 0 Å². The van der Waals surface area contributed by atoms with Gasteiger partial charge in [-0.25, -0.2) is 0 Å². The average molecular weight is 146 g/mol. The molecule has 53 valence electrons. The Morgan fingerprint density at radius 3 is 2.33 bits per heavy atom. The molecule has 0 N–H and O–H groups in total. The molecular weight excluding hydrogens is 132 g/mol. The number of hydrogen-bond donors (Lipinski definition) is 0. The number of alkyl halides is 1. The first-order chi connectivity index (χ1) is 4.11. The van der Waals surface area contributed by atoms with Gasteiger partial charge in [0.2, 0.25) is 0 Å². The van der Waals surface area contributed by atoms with E-state index < -0.39 is 0 Å². The summed E-state index contributed by atoms with van der Waals surface area (Å²) < 4.78 is 0. The van der Waals surface area contributed by atoms with E-state index >= 15 is 0 Å². The zero-order chi connectivity index (χ0) is 7.07. The van der Waals surface area contributed by atoms with Crippen LogP contribution in [0.15, 0.2) is 0 Å². The van der Waals surface area contributed by atoms with Crippen molar-refractivity contribution in [3.63, 3.8) is 0 Å². The van der Waals surface area contributed by atoms with Crippen molar-refractivity contribution in [1.82, 2.24) is 0 Å². The van der Waals surface area contributed by atoms with Crippen LogP contribution in [0.3, 0.4) is 0 Å². The van der Waals surface area contributed by atoms with Gasteiger partial charge in [-0.05, 0) is 24.7 Å². The van der Waals surface area contributed by atoms with Crippen LogP contribution in [0.4, 0.5) is 0 Å². The van der Waals surface area contributed by atoms with Gasteiger partial charge in [0.25, 0.3) is 0 Å². The molecule has 1 heteroatoms. The van der Waals surface area contributed by atoms with Gasteiger partial charge in [-0.2, -0.15) is 0 Å². The van der Waals surface area contributed by atoms with Crippen molar-refractivity contribution < 1.29 is 0 Å². The van der Waals surface area contributed by atoms with Crippen molar-refractivity contribution >= 4 is 11.6 Å². The maximum atomic E-state index is 6.21. The van der Waals surface area contributed by atoms with Crippen molar-refractivity contribution in [2.75, 3.05) is 0 Å². The van der Waals surface area contributed by atoms with Crippen molar-refractivity contribution in [3.05, 3.63) is 5.92 Å². The van der Waals surface area contributed by atoms with Gasteiger partial charge < -0.3 is 0 Å². The minimum atomic E-state index is 0.106. The van der Waals surface area contributed by atoms with Gasteiger partial charge in [-0.1, -0.05) is 20.8 Å². The fourth-order valence-corrected chi connectivity index (χ4v) is 1.59. The molecule has 1 aliphatic carbocycles. The summed E-state index contributed by atoms with van der Waals surface area (Å²) in [7, 11) is 0. The summed E-state index contributed by atoms with van der Waals surface area (Å²) in [5, 5.41) is 0. The van der Waals surface area contributed by atoms with Crippen molar-refractivity contribution in [2.24, 2.45) is 5.92 Å². The molecule has 0 nitrogen and oxygen atoms in total. The molecule has 0 aromatic carbocycles. The minimum absolute atomic E-state index is 0.106. The van der Waals surface area contributed by atoms with Crippen molar-refractivity contribution in [3.8, 4) is 0 Å². The van der Waals surface area contributed by atoms with Gasteiger partial charge in [-0.15, -0.1) is 11.6 Å². The van der Waals surface area contributed by atoms with Crippen molar-refractivity contribution in [2.45, 2.75) is 38.5 Å². The third-order valence-electron chi connectivity index (χ3n) is 2.28. The summed E-state index contributed by atoms with van der Waals surface area (Å²) in [4.78, 5) is 0.106. The van der Waals surface area contributed by atoms with E-state index in [-0.39, 0.29) is 4.87 Å². The molecular formula is C8H14Cl. The van der Waals surface area contributed by atoms with Gasteiger partial charge >= 0.3 is 0 Å². The smallest absolute Gasteiger partial charge is 0.0538 e. The van der Waals surface area contributed by atoms with Crippen LogP contribution in [-0.2, 0) is 0 Å². The zero-order valence-corrected chi connectivity index (χ0v) is 7.13. The van der Waals surface area contributed by atoms with E-state index in [1.165, 1.54) is 6.42 Å². The molecule has 0 amide bonds. The highest BCUT2D eigenvalue weighted by Gasteiger charge is 2.53. The van der Waals surface area contributed by atoms with Gasteiger partial charge in [0.05, 0.1) is 4.87 Å². The summed E-state index contributed by atoms with van der Waals surface area (Å²) in [6.45, 7) is 6.56. The van der Waals surface area contributed by atoms with E-state index in [4.69, 9.17) is 11.6 Å². The summed E-state index contributed by atoms with van der Waals surface area (Å²) in [5.74, 6) is 2.16. The molecule has 0 aliphatic heterocycles. The van der Waals surface area contributed by atoms with Crippen molar-refractivity contribution in [1.29, 1.82) is 0 Å². The largest absolute Gasteiger partial charge is 0.118 e. The number of halogens is 1. The molecule has 1 radical (unpaired) electrons. The SMILES string of the molecule is CC[C]1CC1(Cl)C(C)C. The Morgan fingerprint density at radius 1 is 1.67 bits per heavy atom. The molecule has 0 bridgehead atoms. The van der Waals surface area contributed by atoms with E-state index in [1.54, 1.807) is 5.92 Å². The first-order valence-electron chi connectivity index (χ1n) is 3.65. The summed E-state index contributed by atoms with van der Waals surface area (Å²) >= 11 is 6.21. The third kappa shape index (κ3) is 1.10. The highest BCUT2D eigenvalue weighted by molar-refractivity contribution is 6.28. The molecule has 0 spiro atoms. The second-order valence-corrected chi connectivity index (χ2v) is 3.83. The Morgan fingerprint density at radius 2 is 2.22 bits per heavy atom. The molecule has 0 aromatic heterocycles. The highest BCUT2D eigenvalue weighted by atomic mass is 35.5. The fraction of sp³-hybridized carbons (Fsp3) is 0.875. The molecule has 1 unspecified atom stereocenters. The van der Waals surface area contributed by atoms with Gasteiger partial charge in [0, 0.05) is 0 Å². The molecule has 1 atom stereocenters. The summed E-state index contributed by atoms with van der Waals surface area (Å²) in [6, 6.07) is 0. The summed E-state index contributed by atoms with van der Waals surface area (Å²) in [6.07, 6.45) is 2.32. The molecule has 1 saturated carbocycles. The van der Waals surface area contributed by atoms with Crippen LogP contribution in [-0.4, -0.2) is 4.87 Å². The summed E-state index contributed by atoms with van der Waals surface area (Å²) in [5.41, 5.74) is 0. The second kappa shape index (κ2) is 2.16. The third-order valence-corrected chi connectivity index (χ3v) is 3.11. The van der Waals surface area contributed by atoms with Crippen LogP contribution in [0.5, 0.6) is 0 Å². The minimum Gasteiger partial charge on any atom is -0.118 e. The van der Waals surface area contributed by atoms with Crippen LogP contribution in [0.25, 0.3) is 0 Å². The van der Waals surface area contributed by atoms with E-state index in [0.717, 1.165) is 6.42 Å². The second-order valence-electron chi connectivity index (χ2n) is 3.15. The number of hydrogen-bond acceptors (Lipinski definition) is 0. The maximum absolute atomic E-state index is 6.21. The Labute approximate surface area is 62.6 Å². The van der Waals surface area contributed by atoms with E-state index in [2.05, 4.69) is 20.8 Å². The zero-order valence-electron chi connectivity index (χ0n) is 6.37. The highest BCUT2D eigenvalue weighted by Crippen LogP contribution is 2.57. The predicted molar refractivity (Wildman–Crippen MR) is 41.6 cm³/mol. The molecule has 1 aliphatic rings. The lowest BCUT2D eigenvalue weighted by Crippen LogP contribution is -2.10. The first kappa shape index (κ1) is 7.40. The molecule has 0 saturated heterocycles. The van der Waals surface area contributed by atoms with Gasteiger partial charge in [0.1, 0.15) is 0 Å². The first-order valence-corrected chi connectivity index (χ1v) is 4.03. The van der Waals surface area contributed by atoms with Gasteiger partial charge in [-0.3, -0.25) is 0 Å². The van der Waals surface area contributed by atoms with E-state index in [9.17, 15) is 0 Å². The van der Waals surface area contributed by atoms with Crippen LogP contribution < -0.4 is 0 Å². The van der Waals surface area contributed by atoms with Crippen LogP contribution in [0, 0.1) is 11.8 Å². The Kier molecular flexibility index (Phi) is 1.77. The Hall–Kier alpha value is 0.290. The van der Waals surface area contributed by atoms with Crippen LogP contribution in [0.2, 0.25) is 0 Å². The fourth-order valence-electron chi connectivity index (χ4n) is 1.30. The Balaban J connectivity index is 2.42. The lowest BCUT2D eigenvalue weighted by molar-refractivity contribution is 0.594. The standard InChI is InChI=1S/C8H14Cl/c1-4-7-5-8(7,9)6(2)3/h6H,4-5H2,1-3H3. The van der Waals surface area contributed by atoms with Crippen LogP contribution in [0.1, 0.15) is 33.6 Å². The normalized spacial score (nSPS) is 35.7. The maximum Gasteiger partial charge on any atom is 0.0538 e. The quantitative estimate of drug-likeness (QED) is 0.524. The predicted octanol–water partition coefficient (Wildman–Crippen LogP) is 3.01. The molecule has 0 aromatic rings. The van der Waals surface area contributed by atoms with E-state index in [1.807, 2.05) is 0 Å². The molecule has 0 heterocycles.